The first-order valence-corrected chi connectivity index (χ1v) is 8.85. The number of likely N-dealkylation sites (N-methyl/N-ethyl adjacent to an activating group) is 1. The van der Waals surface area contributed by atoms with Gasteiger partial charge in [-0.3, -0.25) is 9.59 Å². The molecular formula is C20H23ClN2O5. The lowest BCUT2D eigenvalue weighted by molar-refractivity contribution is -0.130. The standard InChI is InChI=1S/C20H23ClN2O5/c1-23(2)19(24)12-28-17-7-5-13(9-18(17)27-4)11-22-20(25)15-10-14(21)6-8-16(15)26-3/h5-10H,11-12H2,1-4H3,(H,22,25). The Bertz CT molecular complexity index is 854. The molecule has 0 radical (unpaired) electrons. The molecular weight excluding hydrogens is 384 g/mol. The number of carbonyl (C=O) groups is 2. The van der Waals surface area contributed by atoms with Crippen molar-refractivity contribution in [2.24, 2.45) is 0 Å². The first kappa shape index (κ1) is 21.4. The Labute approximate surface area is 169 Å². The van der Waals surface area contributed by atoms with Crippen molar-refractivity contribution in [2.45, 2.75) is 6.54 Å². The van der Waals surface area contributed by atoms with Crippen molar-refractivity contribution >= 4 is 23.4 Å². The van der Waals surface area contributed by atoms with Gasteiger partial charge in [-0.2, -0.15) is 0 Å². The molecule has 0 atom stereocenters. The van der Waals surface area contributed by atoms with E-state index in [4.69, 9.17) is 25.8 Å². The van der Waals surface area contributed by atoms with Gasteiger partial charge in [0.25, 0.3) is 11.8 Å². The van der Waals surface area contributed by atoms with E-state index in [1.54, 1.807) is 50.5 Å². The van der Waals surface area contributed by atoms with E-state index in [-0.39, 0.29) is 25.0 Å². The first-order valence-electron chi connectivity index (χ1n) is 8.47. The molecule has 0 spiro atoms. The summed E-state index contributed by atoms with van der Waals surface area (Å²) in [5.41, 5.74) is 1.15. The number of ether oxygens (including phenoxy) is 3. The minimum absolute atomic E-state index is 0.0893. The van der Waals surface area contributed by atoms with E-state index in [9.17, 15) is 9.59 Å². The zero-order chi connectivity index (χ0) is 20.7. The third-order valence-corrected chi connectivity index (χ3v) is 4.17. The summed E-state index contributed by atoms with van der Waals surface area (Å²) in [7, 11) is 6.31. The Morgan fingerprint density at radius 1 is 1.00 bits per heavy atom. The molecule has 8 heteroatoms. The molecule has 0 bridgehead atoms. The van der Waals surface area contributed by atoms with Gasteiger partial charge in [-0.1, -0.05) is 17.7 Å². The minimum atomic E-state index is -0.310. The van der Waals surface area contributed by atoms with Crippen molar-refractivity contribution < 1.29 is 23.8 Å². The first-order chi connectivity index (χ1) is 13.3. The van der Waals surface area contributed by atoms with E-state index in [1.807, 2.05) is 0 Å². The molecule has 150 valence electrons. The van der Waals surface area contributed by atoms with Crippen LogP contribution < -0.4 is 19.5 Å². The number of nitrogens with zero attached hydrogens (tertiary/aromatic N) is 1. The molecule has 0 fully saturated rings. The average molecular weight is 407 g/mol. The summed E-state index contributed by atoms with van der Waals surface area (Å²) in [5.74, 6) is 0.890. The van der Waals surface area contributed by atoms with Crippen molar-refractivity contribution in [1.29, 1.82) is 0 Å². The van der Waals surface area contributed by atoms with Gasteiger partial charge in [0.1, 0.15) is 5.75 Å². The van der Waals surface area contributed by atoms with Gasteiger partial charge >= 0.3 is 0 Å². The van der Waals surface area contributed by atoms with Crippen molar-refractivity contribution in [1.82, 2.24) is 10.2 Å². The summed E-state index contributed by atoms with van der Waals surface area (Å²) in [4.78, 5) is 25.6. The molecule has 2 rings (SSSR count). The van der Waals surface area contributed by atoms with Gasteiger partial charge in [0.2, 0.25) is 0 Å². The molecule has 0 aliphatic heterocycles. The van der Waals surface area contributed by atoms with Gasteiger partial charge in [0.05, 0.1) is 19.8 Å². The predicted molar refractivity (Wildman–Crippen MR) is 106 cm³/mol. The zero-order valence-corrected chi connectivity index (χ0v) is 17.0. The number of hydrogen-bond acceptors (Lipinski definition) is 5. The summed E-state index contributed by atoms with van der Waals surface area (Å²) in [6, 6.07) is 10.1. The van der Waals surface area contributed by atoms with Crippen LogP contribution in [0.15, 0.2) is 36.4 Å². The maximum atomic E-state index is 12.5. The molecule has 1 N–H and O–H groups in total. The largest absolute Gasteiger partial charge is 0.496 e. The molecule has 2 aromatic carbocycles. The highest BCUT2D eigenvalue weighted by atomic mass is 35.5. The third-order valence-electron chi connectivity index (χ3n) is 3.94. The lowest BCUT2D eigenvalue weighted by atomic mass is 10.1. The van der Waals surface area contributed by atoms with Crippen molar-refractivity contribution in [3.63, 3.8) is 0 Å². The van der Waals surface area contributed by atoms with Crippen LogP contribution in [-0.2, 0) is 11.3 Å². The van der Waals surface area contributed by atoms with Gasteiger partial charge in [-0.25, -0.2) is 0 Å². The zero-order valence-electron chi connectivity index (χ0n) is 16.2. The highest BCUT2D eigenvalue weighted by Crippen LogP contribution is 2.28. The van der Waals surface area contributed by atoms with Gasteiger partial charge in [-0.15, -0.1) is 0 Å². The van der Waals surface area contributed by atoms with Gasteiger partial charge in [0, 0.05) is 25.7 Å². The Balaban J connectivity index is 2.05. The Hall–Kier alpha value is -2.93. The monoisotopic (exact) mass is 406 g/mol. The SMILES string of the molecule is COc1cc(CNC(=O)c2cc(Cl)ccc2OC)ccc1OCC(=O)N(C)C. The summed E-state index contributed by atoms with van der Waals surface area (Å²) in [6.45, 7) is 0.176. The fourth-order valence-electron chi connectivity index (χ4n) is 2.35. The van der Waals surface area contributed by atoms with Gasteiger partial charge < -0.3 is 24.4 Å². The van der Waals surface area contributed by atoms with Crippen molar-refractivity contribution in [2.75, 3.05) is 34.9 Å². The molecule has 0 heterocycles. The number of amides is 2. The quantitative estimate of drug-likeness (QED) is 0.729. The average Bonchev–Trinajstić information content (AvgIpc) is 2.70. The van der Waals surface area contributed by atoms with Crippen LogP contribution in [-0.4, -0.2) is 51.6 Å². The van der Waals surface area contributed by atoms with E-state index in [2.05, 4.69) is 5.32 Å². The van der Waals surface area contributed by atoms with E-state index < -0.39 is 0 Å². The Morgan fingerprint density at radius 2 is 1.68 bits per heavy atom. The summed E-state index contributed by atoms with van der Waals surface area (Å²) >= 11 is 5.97. The van der Waals surface area contributed by atoms with Crippen LogP contribution in [0.1, 0.15) is 15.9 Å². The Kier molecular flexibility index (Phi) is 7.52. The number of halogens is 1. The molecule has 0 aliphatic rings. The highest BCUT2D eigenvalue weighted by Gasteiger charge is 2.14. The molecule has 0 aliphatic carbocycles. The van der Waals surface area contributed by atoms with E-state index in [0.29, 0.717) is 27.8 Å². The molecule has 0 saturated carbocycles. The van der Waals surface area contributed by atoms with Crippen molar-refractivity contribution in [3.8, 4) is 17.2 Å². The minimum Gasteiger partial charge on any atom is -0.496 e. The number of hydrogen-bond donors (Lipinski definition) is 1. The highest BCUT2D eigenvalue weighted by molar-refractivity contribution is 6.31. The molecule has 0 unspecified atom stereocenters. The molecule has 7 nitrogen and oxygen atoms in total. The number of carbonyl (C=O) groups excluding carboxylic acids is 2. The van der Waals surface area contributed by atoms with Crippen molar-refractivity contribution in [3.05, 3.63) is 52.5 Å². The van der Waals surface area contributed by atoms with Crippen LogP contribution in [0.3, 0.4) is 0 Å². The lowest BCUT2D eigenvalue weighted by Gasteiger charge is -2.15. The van der Waals surface area contributed by atoms with Crippen LogP contribution >= 0.6 is 11.6 Å². The van der Waals surface area contributed by atoms with Crippen LogP contribution in [0, 0.1) is 0 Å². The van der Waals surface area contributed by atoms with Gasteiger partial charge in [0.15, 0.2) is 18.1 Å². The van der Waals surface area contributed by atoms with Gasteiger partial charge in [-0.05, 0) is 35.9 Å². The smallest absolute Gasteiger partial charge is 0.259 e. The number of rotatable bonds is 8. The summed E-state index contributed by atoms with van der Waals surface area (Å²) < 4.78 is 16.0. The Morgan fingerprint density at radius 3 is 2.32 bits per heavy atom. The van der Waals surface area contributed by atoms with Crippen LogP contribution in [0.5, 0.6) is 17.2 Å². The lowest BCUT2D eigenvalue weighted by Crippen LogP contribution is -2.27. The second-order valence-electron chi connectivity index (χ2n) is 6.09. The maximum Gasteiger partial charge on any atom is 0.259 e. The third kappa shape index (κ3) is 5.53. The topological polar surface area (TPSA) is 77.1 Å². The molecule has 0 saturated heterocycles. The fraction of sp³-hybridized carbons (Fsp3) is 0.300. The molecule has 0 aromatic heterocycles. The van der Waals surface area contributed by atoms with Crippen LogP contribution in [0.4, 0.5) is 0 Å². The molecule has 28 heavy (non-hydrogen) atoms. The second kappa shape index (κ2) is 9.85. The normalized spacial score (nSPS) is 10.2. The predicted octanol–water partition coefficient (Wildman–Crippen LogP) is 2.75. The number of nitrogens with one attached hydrogen (secondary N) is 1. The fourth-order valence-corrected chi connectivity index (χ4v) is 2.52. The maximum absolute atomic E-state index is 12.5. The van der Waals surface area contributed by atoms with E-state index in [0.717, 1.165) is 5.56 Å². The van der Waals surface area contributed by atoms with Crippen LogP contribution in [0.2, 0.25) is 5.02 Å². The van der Waals surface area contributed by atoms with Crippen LogP contribution in [0.25, 0.3) is 0 Å². The number of methoxy groups -OCH3 is 2. The van der Waals surface area contributed by atoms with E-state index >= 15 is 0 Å². The van der Waals surface area contributed by atoms with E-state index in [1.165, 1.54) is 19.1 Å². The second-order valence-corrected chi connectivity index (χ2v) is 6.53. The molecule has 2 aromatic rings. The summed E-state index contributed by atoms with van der Waals surface area (Å²) in [5, 5.41) is 3.26. The summed E-state index contributed by atoms with van der Waals surface area (Å²) in [6.07, 6.45) is 0. The number of benzene rings is 2. The molecule has 2 amide bonds.